The van der Waals surface area contributed by atoms with Crippen LogP contribution in [0.5, 0.6) is 0 Å². The van der Waals surface area contributed by atoms with Crippen molar-refractivity contribution in [3.8, 4) is 6.07 Å². The molecule has 3 heteroatoms. The van der Waals surface area contributed by atoms with Crippen LogP contribution in [-0.4, -0.2) is 31.7 Å². The molecule has 0 atom stereocenters. The van der Waals surface area contributed by atoms with Gasteiger partial charge >= 0.3 is 0 Å². The summed E-state index contributed by atoms with van der Waals surface area (Å²) in [5.41, 5.74) is 1.85. The Morgan fingerprint density at radius 2 is 2.12 bits per heavy atom. The average Bonchev–Trinajstić information content (AvgIpc) is 2.34. The summed E-state index contributed by atoms with van der Waals surface area (Å²) >= 11 is 0. The Hall–Kier alpha value is -1.37. The van der Waals surface area contributed by atoms with Crippen molar-refractivity contribution < 1.29 is 4.74 Å². The summed E-state index contributed by atoms with van der Waals surface area (Å²) in [6, 6.07) is 9.96. The van der Waals surface area contributed by atoms with Gasteiger partial charge in [-0.1, -0.05) is 25.1 Å². The molecule has 0 bridgehead atoms. The van der Waals surface area contributed by atoms with Gasteiger partial charge in [0.2, 0.25) is 0 Å². The van der Waals surface area contributed by atoms with Crippen molar-refractivity contribution in [2.75, 3.05) is 26.8 Å². The third-order valence-corrected chi connectivity index (χ3v) is 2.59. The van der Waals surface area contributed by atoms with Crippen LogP contribution in [0.3, 0.4) is 0 Å². The van der Waals surface area contributed by atoms with E-state index in [1.807, 2.05) is 24.3 Å². The highest BCUT2D eigenvalue weighted by molar-refractivity contribution is 5.37. The maximum Gasteiger partial charge on any atom is 0.0995 e. The third-order valence-electron chi connectivity index (χ3n) is 2.59. The number of benzene rings is 1. The van der Waals surface area contributed by atoms with Crippen LogP contribution in [0.4, 0.5) is 0 Å². The minimum absolute atomic E-state index is 0.725. The molecule has 0 aromatic heterocycles. The summed E-state index contributed by atoms with van der Waals surface area (Å²) in [6.07, 6.45) is 0. The van der Waals surface area contributed by atoms with Crippen LogP contribution in [0.15, 0.2) is 24.3 Å². The molecule has 0 fully saturated rings. The lowest BCUT2D eigenvalue weighted by Crippen LogP contribution is -2.27. The van der Waals surface area contributed by atoms with Gasteiger partial charge in [-0.15, -0.1) is 0 Å². The molecule has 86 valence electrons. The summed E-state index contributed by atoms with van der Waals surface area (Å²) in [6.45, 7) is 5.51. The van der Waals surface area contributed by atoms with E-state index < -0.39 is 0 Å². The minimum Gasteiger partial charge on any atom is -0.383 e. The number of nitrogens with zero attached hydrogens (tertiary/aromatic N) is 2. The van der Waals surface area contributed by atoms with Crippen molar-refractivity contribution in [3.05, 3.63) is 35.4 Å². The van der Waals surface area contributed by atoms with E-state index in [2.05, 4.69) is 17.9 Å². The molecule has 0 unspecified atom stereocenters. The first-order chi connectivity index (χ1) is 7.81. The third kappa shape index (κ3) is 3.65. The molecule has 1 aromatic carbocycles. The Kier molecular flexibility index (Phi) is 5.55. The predicted molar refractivity (Wildman–Crippen MR) is 64.0 cm³/mol. The van der Waals surface area contributed by atoms with Crippen LogP contribution in [0.25, 0.3) is 0 Å². The lowest BCUT2D eigenvalue weighted by atomic mass is 10.1. The second-order valence-corrected chi connectivity index (χ2v) is 3.63. The topological polar surface area (TPSA) is 36.3 Å². The standard InChI is InChI=1S/C13H18N2O/c1-3-15(8-9-16-2)11-13-7-5-4-6-12(13)10-14/h4-7H,3,8-9,11H2,1-2H3. The number of ether oxygens (including phenoxy) is 1. The van der Waals surface area contributed by atoms with Crippen molar-refractivity contribution in [2.24, 2.45) is 0 Å². The highest BCUT2D eigenvalue weighted by Gasteiger charge is 2.06. The lowest BCUT2D eigenvalue weighted by Gasteiger charge is -2.20. The fourth-order valence-electron chi connectivity index (χ4n) is 1.58. The van der Waals surface area contributed by atoms with Crippen LogP contribution >= 0.6 is 0 Å². The molecule has 0 saturated heterocycles. The van der Waals surface area contributed by atoms with E-state index in [-0.39, 0.29) is 0 Å². The maximum atomic E-state index is 8.99. The van der Waals surface area contributed by atoms with Gasteiger partial charge in [-0.25, -0.2) is 0 Å². The molecular weight excluding hydrogens is 200 g/mol. The molecule has 16 heavy (non-hydrogen) atoms. The fourth-order valence-corrected chi connectivity index (χ4v) is 1.58. The monoisotopic (exact) mass is 218 g/mol. The molecule has 0 amide bonds. The van der Waals surface area contributed by atoms with Crippen LogP contribution in [0, 0.1) is 11.3 Å². The number of rotatable bonds is 6. The molecule has 0 aliphatic rings. The minimum atomic E-state index is 0.725. The Morgan fingerprint density at radius 1 is 1.38 bits per heavy atom. The first-order valence-electron chi connectivity index (χ1n) is 5.51. The number of hydrogen-bond acceptors (Lipinski definition) is 3. The van der Waals surface area contributed by atoms with Gasteiger partial charge in [0, 0.05) is 20.2 Å². The Labute approximate surface area is 97.3 Å². The zero-order valence-electron chi connectivity index (χ0n) is 9.94. The van der Waals surface area contributed by atoms with E-state index in [4.69, 9.17) is 10.00 Å². The van der Waals surface area contributed by atoms with E-state index >= 15 is 0 Å². The SMILES string of the molecule is CCN(CCOC)Cc1ccccc1C#N. The molecule has 0 spiro atoms. The van der Waals surface area contributed by atoms with Crippen LogP contribution in [-0.2, 0) is 11.3 Å². The van der Waals surface area contributed by atoms with Gasteiger partial charge < -0.3 is 4.74 Å². The Bertz CT molecular complexity index is 357. The molecule has 0 saturated carbocycles. The molecule has 3 nitrogen and oxygen atoms in total. The van der Waals surface area contributed by atoms with E-state index in [0.29, 0.717) is 0 Å². The predicted octanol–water partition coefficient (Wildman–Crippen LogP) is 2.03. The smallest absolute Gasteiger partial charge is 0.0995 e. The first kappa shape index (κ1) is 12.7. The number of hydrogen-bond donors (Lipinski definition) is 0. The van der Waals surface area contributed by atoms with E-state index in [1.54, 1.807) is 7.11 Å². The molecule has 0 aliphatic heterocycles. The summed E-state index contributed by atoms with van der Waals surface area (Å²) in [5.74, 6) is 0. The van der Waals surface area contributed by atoms with Crippen molar-refractivity contribution in [1.82, 2.24) is 4.90 Å². The van der Waals surface area contributed by atoms with Gasteiger partial charge in [-0.05, 0) is 18.2 Å². The Balaban J connectivity index is 2.66. The lowest BCUT2D eigenvalue weighted by molar-refractivity contribution is 0.147. The summed E-state index contributed by atoms with van der Waals surface area (Å²) < 4.78 is 5.06. The first-order valence-corrected chi connectivity index (χ1v) is 5.51. The van der Waals surface area contributed by atoms with Crippen LogP contribution in [0.2, 0.25) is 0 Å². The highest BCUT2D eigenvalue weighted by Crippen LogP contribution is 2.10. The highest BCUT2D eigenvalue weighted by atomic mass is 16.5. The fraction of sp³-hybridized carbons (Fsp3) is 0.462. The van der Waals surface area contributed by atoms with Gasteiger partial charge in [-0.3, -0.25) is 4.90 Å². The van der Waals surface area contributed by atoms with E-state index in [1.165, 1.54) is 0 Å². The molecule has 0 N–H and O–H groups in total. The quantitative estimate of drug-likeness (QED) is 0.733. The van der Waals surface area contributed by atoms with Crippen molar-refractivity contribution >= 4 is 0 Å². The second kappa shape index (κ2) is 7.00. The maximum absolute atomic E-state index is 8.99. The molecule has 0 radical (unpaired) electrons. The van der Waals surface area contributed by atoms with Crippen molar-refractivity contribution in [3.63, 3.8) is 0 Å². The van der Waals surface area contributed by atoms with Crippen LogP contribution in [0.1, 0.15) is 18.1 Å². The van der Waals surface area contributed by atoms with Gasteiger partial charge in [-0.2, -0.15) is 5.26 Å². The molecule has 0 aliphatic carbocycles. The molecule has 1 rings (SSSR count). The Morgan fingerprint density at radius 3 is 2.75 bits per heavy atom. The molecule has 1 aromatic rings. The van der Waals surface area contributed by atoms with Gasteiger partial charge in [0.15, 0.2) is 0 Å². The summed E-state index contributed by atoms with van der Waals surface area (Å²) in [7, 11) is 1.71. The normalized spacial score (nSPS) is 10.4. The van der Waals surface area contributed by atoms with E-state index in [9.17, 15) is 0 Å². The summed E-state index contributed by atoms with van der Waals surface area (Å²) in [4.78, 5) is 2.26. The van der Waals surface area contributed by atoms with Gasteiger partial charge in [0.25, 0.3) is 0 Å². The van der Waals surface area contributed by atoms with Crippen molar-refractivity contribution in [2.45, 2.75) is 13.5 Å². The summed E-state index contributed by atoms with van der Waals surface area (Å²) in [5, 5.41) is 8.99. The van der Waals surface area contributed by atoms with Crippen molar-refractivity contribution in [1.29, 1.82) is 5.26 Å². The zero-order chi connectivity index (χ0) is 11.8. The largest absolute Gasteiger partial charge is 0.383 e. The zero-order valence-corrected chi connectivity index (χ0v) is 9.94. The number of methoxy groups -OCH3 is 1. The average molecular weight is 218 g/mol. The molecular formula is C13H18N2O. The number of nitriles is 1. The van der Waals surface area contributed by atoms with Crippen LogP contribution < -0.4 is 0 Å². The number of likely N-dealkylation sites (N-methyl/N-ethyl adjacent to an activating group) is 1. The second-order valence-electron chi connectivity index (χ2n) is 3.63. The van der Waals surface area contributed by atoms with Gasteiger partial charge in [0.05, 0.1) is 18.2 Å². The molecule has 0 heterocycles. The van der Waals surface area contributed by atoms with E-state index in [0.717, 1.165) is 37.4 Å². The van der Waals surface area contributed by atoms with Gasteiger partial charge in [0.1, 0.15) is 0 Å².